The van der Waals surface area contributed by atoms with Crippen LogP contribution in [0.15, 0.2) is 30.3 Å². The number of methoxy groups -OCH3 is 1. The number of ether oxygens (including phenoxy) is 3. The highest BCUT2D eigenvalue weighted by Crippen LogP contribution is 2.42. The van der Waals surface area contributed by atoms with E-state index >= 15 is 0 Å². The van der Waals surface area contributed by atoms with Crippen LogP contribution in [0.5, 0.6) is 17.2 Å². The Balaban J connectivity index is 1.73. The lowest BCUT2D eigenvalue weighted by atomic mass is 9.83. The highest BCUT2D eigenvalue weighted by atomic mass is 16.7. The molecule has 0 aromatic heterocycles. The SMILES string of the molecule is COc1cc(C)cc(C)c1C(CC(=O)N1CC(C)CC(C)C1)c1ccc2c(c1)OCO2. The molecule has 1 fully saturated rings. The maximum absolute atomic E-state index is 13.5. The van der Waals surface area contributed by atoms with Gasteiger partial charge in [0, 0.05) is 31.0 Å². The highest BCUT2D eigenvalue weighted by molar-refractivity contribution is 5.78. The van der Waals surface area contributed by atoms with Crippen molar-refractivity contribution < 1.29 is 19.0 Å². The number of fused-ring (bicyclic) bond motifs is 1. The number of likely N-dealkylation sites (tertiary alicyclic amines) is 1. The van der Waals surface area contributed by atoms with Crippen molar-refractivity contribution in [2.75, 3.05) is 27.0 Å². The van der Waals surface area contributed by atoms with Crippen molar-refractivity contribution in [1.82, 2.24) is 4.90 Å². The summed E-state index contributed by atoms with van der Waals surface area (Å²) in [6, 6.07) is 10.2. The Kier molecular flexibility index (Phi) is 6.12. The Morgan fingerprint density at radius 1 is 1.10 bits per heavy atom. The van der Waals surface area contributed by atoms with Crippen molar-refractivity contribution in [1.29, 1.82) is 0 Å². The lowest BCUT2D eigenvalue weighted by molar-refractivity contribution is -0.134. The number of amides is 1. The molecule has 4 rings (SSSR count). The Morgan fingerprint density at radius 3 is 2.52 bits per heavy atom. The second-order valence-electron chi connectivity index (χ2n) is 9.31. The Labute approximate surface area is 185 Å². The van der Waals surface area contributed by atoms with E-state index in [9.17, 15) is 4.79 Å². The molecule has 2 aromatic rings. The van der Waals surface area contributed by atoms with Crippen molar-refractivity contribution >= 4 is 5.91 Å². The van der Waals surface area contributed by atoms with Gasteiger partial charge in [-0.3, -0.25) is 4.79 Å². The van der Waals surface area contributed by atoms with E-state index in [0.29, 0.717) is 18.3 Å². The fourth-order valence-corrected chi connectivity index (χ4v) is 5.24. The first-order valence-electron chi connectivity index (χ1n) is 11.2. The minimum absolute atomic E-state index is 0.120. The summed E-state index contributed by atoms with van der Waals surface area (Å²) in [4.78, 5) is 15.5. The van der Waals surface area contributed by atoms with E-state index in [1.54, 1.807) is 7.11 Å². The Bertz CT molecular complexity index is 960. The minimum atomic E-state index is -0.120. The van der Waals surface area contributed by atoms with E-state index in [2.05, 4.69) is 44.7 Å². The highest BCUT2D eigenvalue weighted by Gasteiger charge is 2.30. The van der Waals surface area contributed by atoms with Gasteiger partial charge in [-0.25, -0.2) is 0 Å². The predicted octanol–water partition coefficient (Wildman–Crippen LogP) is 5.07. The van der Waals surface area contributed by atoms with Crippen molar-refractivity contribution in [3.05, 3.63) is 52.6 Å². The van der Waals surface area contributed by atoms with E-state index in [4.69, 9.17) is 14.2 Å². The van der Waals surface area contributed by atoms with Crippen molar-refractivity contribution in [3.8, 4) is 17.2 Å². The number of nitrogens with zero attached hydrogens (tertiary/aromatic N) is 1. The molecule has 2 aliphatic rings. The van der Waals surface area contributed by atoms with Gasteiger partial charge in [-0.1, -0.05) is 26.0 Å². The number of aryl methyl sites for hydroxylation is 2. The van der Waals surface area contributed by atoms with Gasteiger partial charge in [0.05, 0.1) is 7.11 Å². The molecular formula is C26H33NO4. The van der Waals surface area contributed by atoms with Gasteiger partial charge in [-0.15, -0.1) is 0 Å². The summed E-state index contributed by atoms with van der Waals surface area (Å²) >= 11 is 0. The average molecular weight is 424 g/mol. The average Bonchev–Trinajstić information content (AvgIpc) is 3.19. The van der Waals surface area contributed by atoms with Gasteiger partial charge >= 0.3 is 0 Å². The molecule has 5 nitrogen and oxygen atoms in total. The van der Waals surface area contributed by atoms with Crippen molar-refractivity contribution in [2.45, 2.75) is 46.5 Å². The van der Waals surface area contributed by atoms with Gasteiger partial charge in [0.2, 0.25) is 12.7 Å². The quantitative estimate of drug-likeness (QED) is 0.674. The normalized spacial score (nSPS) is 21.1. The monoisotopic (exact) mass is 423 g/mol. The van der Waals surface area contributed by atoms with Crippen LogP contribution in [0.4, 0.5) is 0 Å². The molecule has 0 spiro atoms. The molecule has 0 radical (unpaired) electrons. The molecule has 0 saturated carbocycles. The topological polar surface area (TPSA) is 48.0 Å². The first kappa shape index (κ1) is 21.5. The second kappa shape index (κ2) is 8.81. The molecule has 5 heteroatoms. The maximum atomic E-state index is 13.5. The first-order valence-corrected chi connectivity index (χ1v) is 11.2. The van der Waals surface area contributed by atoms with E-state index in [1.807, 2.05) is 18.2 Å². The van der Waals surface area contributed by atoms with E-state index < -0.39 is 0 Å². The zero-order chi connectivity index (χ0) is 22.1. The zero-order valence-electron chi connectivity index (χ0n) is 19.2. The zero-order valence-corrected chi connectivity index (χ0v) is 19.2. The minimum Gasteiger partial charge on any atom is -0.496 e. The van der Waals surface area contributed by atoms with Crippen LogP contribution in [0.25, 0.3) is 0 Å². The summed E-state index contributed by atoms with van der Waals surface area (Å²) in [6.07, 6.45) is 1.58. The molecule has 166 valence electrons. The van der Waals surface area contributed by atoms with Crippen LogP contribution in [-0.4, -0.2) is 37.8 Å². The van der Waals surface area contributed by atoms with Gasteiger partial charge in [-0.05, 0) is 67.0 Å². The molecule has 2 heterocycles. The molecule has 31 heavy (non-hydrogen) atoms. The molecule has 1 amide bonds. The lowest BCUT2D eigenvalue weighted by Crippen LogP contribution is -2.43. The summed E-state index contributed by atoms with van der Waals surface area (Å²) in [5.41, 5.74) is 4.39. The Morgan fingerprint density at radius 2 is 1.81 bits per heavy atom. The number of piperidine rings is 1. The number of rotatable bonds is 5. The van der Waals surface area contributed by atoms with Crippen molar-refractivity contribution in [3.63, 3.8) is 0 Å². The standard InChI is InChI=1S/C26H33NO4/c1-16-9-19(4)26(24(10-16)29-5)21(20-6-7-22-23(11-20)31-15-30-22)12-25(28)27-13-17(2)8-18(3)14-27/h6-7,9-11,17-18,21H,8,12-15H2,1-5H3. The molecule has 2 aromatic carbocycles. The van der Waals surface area contributed by atoms with Crippen LogP contribution in [0.3, 0.4) is 0 Å². The summed E-state index contributed by atoms with van der Waals surface area (Å²) in [7, 11) is 1.70. The lowest BCUT2D eigenvalue weighted by Gasteiger charge is -2.36. The van der Waals surface area contributed by atoms with Gasteiger partial charge in [0.1, 0.15) is 5.75 Å². The molecule has 2 aliphatic heterocycles. The van der Waals surface area contributed by atoms with Crippen LogP contribution in [-0.2, 0) is 4.79 Å². The van der Waals surface area contributed by atoms with Crippen LogP contribution in [0.2, 0.25) is 0 Å². The summed E-state index contributed by atoms with van der Waals surface area (Å²) in [5, 5.41) is 0. The third-order valence-electron chi connectivity index (χ3n) is 6.46. The van der Waals surface area contributed by atoms with Gasteiger partial charge < -0.3 is 19.1 Å². The van der Waals surface area contributed by atoms with Crippen LogP contribution < -0.4 is 14.2 Å². The molecule has 3 atom stereocenters. The summed E-state index contributed by atoms with van der Waals surface area (Å²) in [5.74, 6) is 3.46. The van der Waals surface area contributed by atoms with E-state index in [-0.39, 0.29) is 18.6 Å². The number of hydrogen-bond donors (Lipinski definition) is 0. The molecule has 0 N–H and O–H groups in total. The largest absolute Gasteiger partial charge is 0.496 e. The molecule has 0 aliphatic carbocycles. The van der Waals surface area contributed by atoms with Gasteiger partial charge in [0.15, 0.2) is 11.5 Å². The first-order chi connectivity index (χ1) is 14.9. The fraction of sp³-hybridized carbons (Fsp3) is 0.500. The second-order valence-corrected chi connectivity index (χ2v) is 9.31. The van der Waals surface area contributed by atoms with Crippen LogP contribution in [0, 0.1) is 25.7 Å². The molecule has 3 unspecified atom stereocenters. The maximum Gasteiger partial charge on any atom is 0.231 e. The van der Waals surface area contributed by atoms with E-state index in [0.717, 1.165) is 52.6 Å². The predicted molar refractivity (Wildman–Crippen MR) is 121 cm³/mol. The Hall–Kier alpha value is -2.69. The summed E-state index contributed by atoms with van der Waals surface area (Å²) in [6.45, 7) is 10.5. The number of carbonyl (C=O) groups excluding carboxylic acids is 1. The van der Waals surface area contributed by atoms with Crippen LogP contribution >= 0.6 is 0 Å². The third kappa shape index (κ3) is 4.51. The molecular weight excluding hydrogens is 390 g/mol. The number of benzene rings is 2. The molecule has 1 saturated heterocycles. The number of hydrogen-bond acceptors (Lipinski definition) is 4. The number of carbonyl (C=O) groups is 1. The van der Waals surface area contributed by atoms with Crippen molar-refractivity contribution in [2.24, 2.45) is 11.8 Å². The third-order valence-corrected chi connectivity index (χ3v) is 6.46. The molecule has 0 bridgehead atoms. The smallest absolute Gasteiger partial charge is 0.231 e. The fourth-order valence-electron chi connectivity index (χ4n) is 5.24. The van der Waals surface area contributed by atoms with Gasteiger partial charge in [-0.2, -0.15) is 0 Å². The van der Waals surface area contributed by atoms with Crippen LogP contribution in [0.1, 0.15) is 54.9 Å². The van der Waals surface area contributed by atoms with E-state index in [1.165, 1.54) is 6.42 Å². The summed E-state index contributed by atoms with van der Waals surface area (Å²) < 4.78 is 16.9. The van der Waals surface area contributed by atoms with Gasteiger partial charge in [0.25, 0.3) is 0 Å².